The zero-order valence-corrected chi connectivity index (χ0v) is 17.5. The molecule has 0 saturated carbocycles. The number of anilines is 3. The summed E-state index contributed by atoms with van der Waals surface area (Å²) in [6.45, 7) is 2.48. The van der Waals surface area contributed by atoms with Crippen molar-refractivity contribution in [1.29, 1.82) is 0 Å². The van der Waals surface area contributed by atoms with Crippen LogP contribution in [0.25, 0.3) is 0 Å². The zero-order chi connectivity index (χ0) is 22.1. The Kier molecular flexibility index (Phi) is 5.63. The van der Waals surface area contributed by atoms with Crippen LogP contribution in [0.2, 0.25) is 0 Å². The highest BCUT2D eigenvalue weighted by molar-refractivity contribution is 6.04. The molecule has 0 aliphatic carbocycles. The molecule has 0 spiro atoms. The quantitative estimate of drug-likeness (QED) is 0.798. The topological polar surface area (TPSA) is 79.0 Å². The summed E-state index contributed by atoms with van der Waals surface area (Å²) in [5, 5.41) is 2.83. The third-order valence-electron chi connectivity index (χ3n) is 5.77. The van der Waals surface area contributed by atoms with Crippen LogP contribution in [-0.2, 0) is 14.4 Å². The van der Waals surface area contributed by atoms with Crippen molar-refractivity contribution in [2.75, 3.05) is 35.3 Å². The fraction of sp³-hybridized carbons (Fsp3) is 0.348. The van der Waals surface area contributed by atoms with E-state index in [1.807, 2.05) is 0 Å². The second kappa shape index (κ2) is 8.37. The largest absolute Gasteiger partial charge is 0.494 e. The van der Waals surface area contributed by atoms with Crippen molar-refractivity contribution in [2.45, 2.75) is 26.2 Å². The van der Waals surface area contributed by atoms with E-state index in [1.54, 1.807) is 42.2 Å². The molecule has 0 radical (unpaired) electrons. The number of carbonyl (C=O) groups is 3. The van der Waals surface area contributed by atoms with Crippen LogP contribution < -0.4 is 19.9 Å². The highest BCUT2D eigenvalue weighted by atomic mass is 19.1. The van der Waals surface area contributed by atoms with Gasteiger partial charge in [-0.1, -0.05) is 6.07 Å². The number of nitrogens with one attached hydrogen (secondary N) is 1. The number of aryl methyl sites for hydroxylation is 1. The fourth-order valence-corrected chi connectivity index (χ4v) is 4.01. The van der Waals surface area contributed by atoms with E-state index in [2.05, 4.69) is 5.32 Å². The van der Waals surface area contributed by atoms with Crippen molar-refractivity contribution >= 4 is 34.8 Å². The van der Waals surface area contributed by atoms with Crippen molar-refractivity contribution in [2.24, 2.45) is 5.92 Å². The summed E-state index contributed by atoms with van der Waals surface area (Å²) in [5.41, 5.74) is 2.14. The molecule has 162 valence electrons. The molecule has 31 heavy (non-hydrogen) atoms. The molecule has 1 unspecified atom stereocenters. The highest BCUT2D eigenvalue weighted by Gasteiger charge is 2.35. The molecule has 2 fully saturated rings. The smallest absolute Gasteiger partial charge is 0.229 e. The number of rotatable bonds is 5. The van der Waals surface area contributed by atoms with E-state index in [0.717, 1.165) is 6.42 Å². The van der Waals surface area contributed by atoms with Gasteiger partial charge >= 0.3 is 0 Å². The van der Waals surface area contributed by atoms with E-state index < -0.39 is 5.92 Å². The molecule has 0 aromatic heterocycles. The van der Waals surface area contributed by atoms with E-state index in [0.29, 0.717) is 41.3 Å². The van der Waals surface area contributed by atoms with Crippen molar-refractivity contribution in [3.8, 4) is 5.75 Å². The number of methoxy groups -OCH3 is 1. The second-order valence-corrected chi connectivity index (χ2v) is 7.86. The summed E-state index contributed by atoms with van der Waals surface area (Å²) in [4.78, 5) is 40.4. The minimum Gasteiger partial charge on any atom is -0.494 e. The van der Waals surface area contributed by atoms with Crippen LogP contribution in [-0.4, -0.2) is 37.9 Å². The van der Waals surface area contributed by atoms with Gasteiger partial charge in [-0.15, -0.1) is 0 Å². The van der Waals surface area contributed by atoms with Gasteiger partial charge in [0.05, 0.1) is 18.7 Å². The van der Waals surface area contributed by atoms with Crippen LogP contribution in [0, 0.1) is 18.7 Å². The molecule has 1 atom stereocenters. The third-order valence-corrected chi connectivity index (χ3v) is 5.77. The van der Waals surface area contributed by atoms with Crippen molar-refractivity contribution in [3.63, 3.8) is 0 Å². The third kappa shape index (κ3) is 4.10. The van der Waals surface area contributed by atoms with Gasteiger partial charge in [0.2, 0.25) is 17.7 Å². The van der Waals surface area contributed by atoms with Gasteiger partial charge in [0, 0.05) is 43.4 Å². The van der Waals surface area contributed by atoms with E-state index in [9.17, 15) is 18.8 Å². The summed E-state index contributed by atoms with van der Waals surface area (Å²) in [6, 6.07) is 9.74. The SMILES string of the molecule is COc1cc(NC(=O)C2CC(=O)N(c3ccc(C)c(F)c3)C2)ccc1N1CCCC1=O. The molecular formula is C23H24FN3O4. The van der Waals surface area contributed by atoms with Crippen LogP contribution in [0.3, 0.4) is 0 Å². The number of carbonyl (C=O) groups excluding carboxylic acids is 3. The molecule has 8 heteroatoms. The molecule has 2 heterocycles. The molecule has 2 aromatic carbocycles. The molecule has 3 amide bonds. The molecule has 2 aromatic rings. The normalized spacial score (nSPS) is 18.6. The van der Waals surface area contributed by atoms with Crippen LogP contribution in [0.15, 0.2) is 36.4 Å². The number of halogens is 1. The predicted molar refractivity (Wildman–Crippen MR) is 115 cm³/mol. The number of nitrogens with zero attached hydrogens (tertiary/aromatic N) is 2. The average Bonchev–Trinajstić information content (AvgIpc) is 3.35. The number of ether oxygens (including phenoxy) is 1. The average molecular weight is 425 g/mol. The maximum absolute atomic E-state index is 13.9. The van der Waals surface area contributed by atoms with Crippen LogP contribution >= 0.6 is 0 Å². The summed E-state index contributed by atoms with van der Waals surface area (Å²) >= 11 is 0. The van der Waals surface area contributed by atoms with Crippen molar-refractivity contribution < 1.29 is 23.5 Å². The van der Waals surface area contributed by atoms with Crippen molar-refractivity contribution in [1.82, 2.24) is 0 Å². The zero-order valence-electron chi connectivity index (χ0n) is 17.5. The molecule has 1 N–H and O–H groups in total. The van der Waals surface area contributed by atoms with Gasteiger partial charge in [-0.2, -0.15) is 0 Å². The minimum absolute atomic E-state index is 0.0483. The first-order valence-electron chi connectivity index (χ1n) is 10.2. The lowest BCUT2D eigenvalue weighted by molar-refractivity contribution is -0.122. The molecule has 4 rings (SSSR count). The Morgan fingerprint density at radius 3 is 2.61 bits per heavy atom. The minimum atomic E-state index is -0.553. The Morgan fingerprint density at radius 2 is 1.94 bits per heavy atom. The summed E-state index contributed by atoms with van der Waals surface area (Å²) in [7, 11) is 1.51. The van der Waals surface area contributed by atoms with Gasteiger partial charge in [-0.3, -0.25) is 14.4 Å². The highest BCUT2D eigenvalue weighted by Crippen LogP contribution is 2.34. The molecular weight excluding hydrogens is 401 g/mol. The molecule has 7 nitrogen and oxygen atoms in total. The van der Waals surface area contributed by atoms with Gasteiger partial charge in [0.25, 0.3) is 0 Å². The Bertz CT molecular complexity index is 1060. The Morgan fingerprint density at radius 1 is 1.13 bits per heavy atom. The predicted octanol–water partition coefficient (Wildman–Crippen LogP) is 3.26. The summed E-state index contributed by atoms with van der Waals surface area (Å²) < 4.78 is 19.3. The summed E-state index contributed by atoms with van der Waals surface area (Å²) in [6.07, 6.45) is 1.37. The lowest BCUT2D eigenvalue weighted by atomic mass is 10.1. The lowest BCUT2D eigenvalue weighted by Crippen LogP contribution is -2.28. The maximum Gasteiger partial charge on any atom is 0.229 e. The number of hydrogen-bond acceptors (Lipinski definition) is 4. The van der Waals surface area contributed by atoms with E-state index in [-0.39, 0.29) is 36.5 Å². The van der Waals surface area contributed by atoms with Crippen LogP contribution in [0.1, 0.15) is 24.8 Å². The Hall–Kier alpha value is -3.42. The molecule has 0 bridgehead atoms. The molecule has 2 aliphatic heterocycles. The molecule has 2 aliphatic rings. The van der Waals surface area contributed by atoms with E-state index in [1.165, 1.54) is 18.1 Å². The Balaban J connectivity index is 1.46. The maximum atomic E-state index is 13.9. The first-order chi connectivity index (χ1) is 14.9. The Labute approximate surface area is 179 Å². The number of benzene rings is 2. The van der Waals surface area contributed by atoms with Crippen molar-refractivity contribution in [3.05, 3.63) is 47.8 Å². The lowest BCUT2D eigenvalue weighted by Gasteiger charge is -2.20. The van der Waals surface area contributed by atoms with E-state index in [4.69, 9.17) is 4.74 Å². The number of amides is 3. The van der Waals surface area contributed by atoms with E-state index >= 15 is 0 Å². The van der Waals surface area contributed by atoms with Gasteiger partial charge in [0.1, 0.15) is 11.6 Å². The first kappa shape index (κ1) is 20.8. The van der Waals surface area contributed by atoms with Gasteiger partial charge in [0.15, 0.2) is 0 Å². The summed E-state index contributed by atoms with van der Waals surface area (Å²) in [5.74, 6) is -0.913. The van der Waals surface area contributed by atoms with Gasteiger partial charge in [-0.05, 0) is 43.2 Å². The monoisotopic (exact) mass is 425 g/mol. The fourth-order valence-electron chi connectivity index (χ4n) is 4.01. The molecule has 2 saturated heterocycles. The first-order valence-corrected chi connectivity index (χ1v) is 10.2. The van der Waals surface area contributed by atoms with Crippen LogP contribution in [0.5, 0.6) is 5.75 Å². The standard InChI is InChI=1S/C23H24FN3O4/c1-14-5-7-17(12-18(14)24)27-13-15(10-22(27)29)23(30)25-16-6-8-19(20(11-16)31-2)26-9-3-4-21(26)28/h5-8,11-12,15H,3-4,9-10,13H2,1-2H3,(H,25,30). The number of hydrogen-bond donors (Lipinski definition) is 1. The second-order valence-electron chi connectivity index (χ2n) is 7.86. The van der Waals surface area contributed by atoms with Gasteiger partial charge in [-0.25, -0.2) is 4.39 Å². The van der Waals surface area contributed by atoms with Gasteiger partial charge < -0.3 is 19.9 Å². The van der Waals surface area contributed by atoms with Crippen LogP contribution in [0.4, 0.5) is 21.5 Å².